The topological polar surface area (TPSA) is 81.9 Å². The minimum absolute atomic E-state index is 0.156. The highest BCUT2D eigenvalue weighted by Crippen LogP contribution is 2.27. The highest BCUT2D eigenvalue weighted by molar-refractivity contribution is 9.10. The molecule has 33 heavy (non-hydrogen) atoms. The lowest BCUT2D eigenvalue weighted by Crippen LogP contribution is -2.14. The first kappa shape index (κ1) is 23.7. The average molecular weight is 565 g/mol. The van der Waals surface area contributed by atoms with Crippen LogP contribution >= 0.6 is 50.6 Å². The van der Waals surface area contributed by atoms with Gasteiger partial charge in [-0.25, -0.2) is 4.98 Å². The van der Waals surface area contributed by atoms with Crippen molar-refractivity contribution in [3.63, 3.8) is 0 Å². The van der Waals surface area contributed by atoms with Gasteiger partial charge < -0.3 is 14.6 Å². The van der Waals surface area contributed by atoms with Crippen LogP contribution in [0.1, 0.15) is 12.7 Å². The normalized spacial score (nSPS) is 10.9. The molecule has 170 valence electrons. The summed E-state index contributed by atoms with van der Waals surface area (Å²) in [5.74, 6) is 1.29. The number of aromatic nitrogens is 4. The zero-order valence-corrected chi connectivity index (χ0v) is 21.5. The lowest BCUT2D eigenvalue weighted by atomic mass is 10.2. The van der Waals surface area contributed by atoms with Crippen LogP contribution in [0.5, 0.6) is 5.75 Å². The summed E-state index contributed by atoms with van der Waals surface area (Å²) in [6.07, 6.45) is 0. The third-order valence-electron chi connectivity index (χ3n) is 4.53. The predicted octanol–water partition coefficient (Wildman–Crippen LogP) is 6.15. The van der Waals surface area contributed by atoms with Crippen molar-refractivity contribution in [2.45, 2.75) is 25.2 Å². The Morgan fingerprint density at radius 1 is 1.21 bits per heavy atom. The Balaban J connectivity index is 1.33. The van der Waals surface area contributed by atoms with Crippen LogP contribution < -0.4 is 10.1 Å². The van der Waals surface area contributed by atoms with E-state index in [1.807, 2.05) is 53.3 Å². The Morgan fingerprint density at radius 2 is 2.00 bits per heavy atom. The summed E-state index contributed by atoms with van der Waals surface area (Å²) in [5.41, 5.74) is 1.82. The maximum atomic E-state index is 12.5. The van der Waals surface area contributed by atoms with Gasteiger partial charge in [-0.3, -0.25) is 4.79 Å². The molecular weight excluding hydrogens is 546 g/mol. The van der Waals surface area contributed by atoms with Gasteiger partial charge in [-0.2, -0.15) is 0 Å². The number of hydrogen-bond acceptors (Lipinski definition) is 7. The molecule has 0 saturated carbocycles. The Hall–Kier alpha value is -2.40. The summed E-state index contributed by atoms with van der Waals surface area (Å²) < 4.78 is 8.70. The van der Waals surface area contributed by atoms with Gasteiger partial charge in [-0.05, 0) is 31.2 Å². The first-order valence-electron chi connectivity index (χ1n) is 9.97. The van der Waals surface area contributed by atoms with Crippen molar-refractivity contribution in [1.29, 1.82) is 0 Å². The number of hydrogen-bond donors (Lipinski definition) is 1. The monoisotopic (exact) mass is 563 g/mol. The smallest absolute Gasteiger partial charge is 0.236 e. The molecule has 0 spiro atoms. The Bertz CT molecular complexity index is 1250. The van der Waals surface area contributed by atoms with E-state index in [2.05, 4.69) is 36.4 Å². The number of rotatable bonds is 9. The van der Waals surface area contributed by atoms with Gasteiger partial charge in [0.1, 0.15) is 12.4 Å². The molecule has 11 heteroatoms. The molecule has 0 saturated heterocycles. The Morgan fingerprint density at radius 3 is 2.76 bits per heavy atom. The minimum Gasteiger partial charge on any atom is -0.484 e. The first-order valence-corrected chi connectivity index (χ1v) is 13.0. The van der Waals surface area contributed by atoms with E-state index in [-0.39, 0.29) is 18.3 Å². The summed E-state index contributed by atoms with van der Waals surface area (Å²) in [7, 11) is 0. The standard InChI is InChI=1S/C22H19BrClN5O2S2/c1-2-29-19(11-31-18-6-4-3-5-16(18)24)27-28-22(29)33-13-20(30)26-21-25-17(12-32-21)14-7-9-15(23)10-8-14/h3-10,12H,2,11,13H2,1H3,(H,25,26,30). The number of ether oxygens (including phenoxy) is 1. The number of amides is 1. The molecule has 0 unspecified atom stereocenters. The van der Waals surface area contributed by atoms with Crippen LogP contribution in [0.15, 0.2) is 63.5 Å². The molecule has 4 rings (SSSR count). The number of anilines is 1. The van der Waals surface area contributed by atoms with Gasteiger partial charge in [-0.1, -0.05) is 63.6 Å². The van der Waals surface area contributed by atoms with Gasteiger partial charge in [0.2, 0.25) is 5.91 Å². The van der Waals surface area contributed by atoms with Crippen LogP contribution in [-0.4, -0.2) is 31.4 Å². The maximum absolute atomic E-state index is 12.5. The fraction of sp³-hybridized carbons (Fsp3) is 0.182. The van der Waals surface area contributed by atoms with E-state index >= 15 is 0 Å². The van der Waals surface area contributed by atoms with Crippen molar-refractivity contribution in [3.8, 4) is 17.0 Å². The van der Waals surface area contributed by atoms with E-state index in [0.29, 0.717) is 33.4 Å². The van der Waals surface area contributed by atoms with Crippen molar-refractivity contribution in [3.05, 3.63) is 69.2 Å². The van der Waals surface area contributed by atoms with Crippen molar-refractivity contribution in [2.75, 3.05) is 11.1 Å². The zero-order chi connectivity index (χ0) is 23.2. The molecule has 2 aromatic heterocycles. The van der Waals surface area contributed by atoms with Gasteiger partial charge >= 0.3 is 0 Å². The van der Waals surface area contributed by atoms with Crippen LogP contribution in [0.3, 0.4) is 0 Å². The van der Waals surface area contributed by atoms with Crippen molar-refractivity contribution < 1.29 is 9.53 Å². The fourth-order valence-corrected chi connectivity index (χ4v) is 4.94. The van der Waals surface area contributed by atoms with Gasteiger partial charge in [-0.15, -0.1) is 21.5 Å². The van der Waals surface area contributed by atoms with E-state index in [0.717, 1.165) is 15.7 Å². The van der Waals surface area contributed by atoms with Gasteiger partial charge in [0.15, 0.2) is 16.1 Å². The molecule has 0 aliphatic carbocycles. The van der Waals surface area contributed by atoms with E-state index in [4.69, 9.17) is 16.3 Å². The summed E-state index contributed by atoms with van der Waals surface area (Å²) in [6, 6.07) is 15.1. The first-order chi connectivity index (χ1) is 16.0. The molecule has 7 nitrogen and oxygen atoms in total. The lowest BCUT2D eigenvalue weighted by molar-refractivity contribution is -0.113. The second-order valence-electron chi connectivity index (χ2n) is 6.74. The highest BCUT2D eigenvalue weighted by atomic mass is 79.9. The van der Waals surface area contributed by atoms with E-state index in [1.54, 1.807) is 12.1 Å². The number of thioether (sulfide) groups is 1. The molecule has 4 aromatic rings. The number of carbonyl (C=O) groups is 1. The molecule has 2 aromatic carbocycles. The van der Waals surface area contributed by atoms with E-state index in [9.17, 15) is 4.79 Å². The van der Waals surface area contributed by atoms with Crippen LogP contribution in [0.25, 0.3) is 11.3 Å². The van der Waals surface area contributed by atoms with Crippen LogP contribution in [0, 0.1) is 0 Å². The van der Waals surface area contributed by atoms with Gasteiger partial charge in [0.25, 0.3) is 0 Å². The molecule has 2 heterocycles. The molecule has 0 aliphatic rings. The molecule has 0 radical (unpaired) electrons. The molecule has 1 N–H and O–H groups in total. The van der Waals surface area contributed by atoms with Gasteiger partial charge in [0.05, 0.1) is 16.5 Å². The average Bonchev–Trinajstić information content (AvgIpc) is 3.44. The Kier molecular flexibility index (Phi) is 8.02. The Labute approximate surface area is 212 Å². The lowest BCUT2D eigenvalue weighted by Gasteiger charge is -2.09. The van der Waals surface area contributed by atoms with E-state index < -0.39 is 0 Å². The van der Waals surface area contributed by atoms with Gasteiger partial charge in [0, 0.05) is 22.0 Å². The summed E-state index contributed by atoms with van der Waals surface area (Å²) in [5, 5.41) is 15.0. The minimum atomic E-state index is -0.156. The second kappa shape index (κ2) is 11.1. The number of thiazole rings is 1. The summed E-state index contributed by atoms with van der Waals surface area (Å²) in [4.78, 5) is 17.0. The molecule has 0 fully saturated rings. The molecule has 0 bridgehead atoms. The van der Waals surface area contributed by atoms with Crippen LogP contribution in [0.4, 0.5) is 5.13 Å². The number of para-hydroxylation sites is 1. The summed E-state index contributed by atoms with van der Waals surface area (Å²) in [6.45, 7) is 2.88. The van der Waals surface area contributed by atoms with Crippen LogP contribution in [-0.2, 0) is 17.9 Å². The molecule has 1 amide bonds. The highest BCUT2D eigenvalue weighted by Gasteiger charge is 2.15. The van der Waals surface area contributed by atoms with E-state index in [1.165, 1.54) is 23.1 Å². The quantitative estimate of drug-likeness (QED) is 0.246. The third kappa shape index (κ3) is 6.14. The third-order valence-corrected chi connectivity index (χ3v) is 7.09. The van der Waals surface area contributed by atoms with Crippen molar-refractivity contribution in [1.82, 2.24) is 19.7 Å². The number of halogens is 2. The summed E-state index contributed by atoms with van der Waals surface area (Å²) >= 11 is 12.3. The molecule has 0 atom stereocenters. The SMILES string of the molecule is CCn1c(COc2ccccc2Cl)nnc1SCC(=O)Nc1nc(-c2ccc(Br)cc2)cs1. The van der Waals surface area contributed by atoms with Crippen LogP contribution in [0.2, 0.25) is 5.02 Å². The fourth-order valence-electron chi connectivity index (χ4n) is 2.92. The molecular formula is C22H19BrClN5O2S2. The van der Waals surface area contributed by atoms with Crippen molar-refractivity contribution in [2.24, 2.45) is 0 Å². The molecule has 0 aliphatic heterocycles. The number of nitrogens with zero attached hydrogens (tertiary/aromatic N) is 4. The maximum Gasteiger partial charge on any atom is 0.236 e. The second-order valence-corrected chi connectivity index (χ2v) is 9.87. The number of nitrogens with one attached hydrogen (secondary N) is 1. The largest absolute Gasteiger partial charge is 0.484 e. The van der Waals surface area contributed by atoms with Crippen molar-refractivity contribution >= 4 is 61.7 Å². The predicted molar refractivity (Wildman–Crippen MR) is 136 cm³/mol. The number of carbonyl (C=O) groups excluding carboxylic acids is 1. The number of benzene rings is 2. The zero-order valence-electron chi connectivity index (χ0n) is 17.5.